The van der Waals surface area contributed by atoms with E-state index in [-0.39, 0.29) is 38.5 Å². The van der Waals surface area contributed by atoms with E-state index in [9.17, 15) is 4.79 Å². The summed E-state index contributed by atoms with van der Waals surface area (Å²) in [6.45, 7) is 1.55. The van der Waals surface area contributed by atoms with Crippen LogP contribution in [0.3, 0.4) is 0 Å². The number of ketones is 1. The Morgan fingerprint density at radius 2 is 2.14 bits per heavy atom. The molecule has 0 fully saturated rings. The maximum absolute atomic E-state index is 9.98. The van der Waals surface area contributed by atoms with E-state index >= 15 is 0 Å². The fraction of sp³-hybridized carbons (Fsp3) is 0.750. The molecule has 7 heavy (non-hydrogen) atoms. The molecule has 0 saturated carbocycles. The van der Waals surface area contributed by atoms with Crippen molar-refractivity contribution in [2.24, 2.45) is 0 Å². The number of hydrogen-bond acceptors (Lipinski definition) is 2. The van der Waals surface area contributed by atoms with Gasteiger partial charge in [0, 0.05) is 32.7 Å². The summed E-state index contributed by atoms with van der Waals surface area (Å²) in [6.07, 6.45) is 0.551. The summed E-state index contributed by atoms with van der Waals surface area (Å²) in [5, 5.41) is 0. The van der Waals surface area contributed by atoms with Gasteiger partial charge >= 0.3 is 0 Å². The summed E-state index contributed by atoms with van der Waals surface area (Å²) in [7, 11) is 0. The summed E-state index contributed by atoms with van der Waals surface area (Å²) in [4.78, 5) is 9.98. The molecule has 0 unspecified atom stereocenters. The van der Waals surface area contributed by atoms with Crippen molar-refractivity contribution in [2.75, 3.05) is 5.75 Å². The quantitative estimate of drug-likeness (QED) is 0.593. The van der Waals surface area contributed by atoms with Crippen LogP contribution in [0.5, 0.6) is 0 Å². The minimum atomic E-state index is 0. The smallest absolute Gasteiger partial charge is 0.127 e. The van der Waals surface area contributed by atoms with E-state index in [1.54, 1.807) is 6.92 Å². The van der Waals surface area contributed by atoms with Gasteiger partial charge in [0.1, 0.15) is 5.78 Å². The maximum atomic E-state index is 9.98. The summed E-state index contributed by atoms with van der Waals surface area (Å²) in [5.41, 5.74) is 0. The van der Waals surface area contributed by atoms with Crippen molar-refractivity contribution in [2.45, 2.75) is 13.3 Å². The Bertz CT molecular complexity index is 55.7. The Labute approximate surface area is 74.5 Å². The molecule has 1 radical (unpaired) electrons. The number of hydrogen-bond donors (Lipinski definition) is 0. The number of Topliss-reactive ketones (excluding diaryl/α,β-unsaturated/α-hetero) is 1. The van der Waals surface area contributed by atoms with Crippen molar-refractivity contribution in [3.63, 3.8) is 0 Å². The molecular weight excluding hydrogens is 185 g/mol. The standard InChI is InChI=1S/C4H8OS.Y/c1-4(5)2-3-6;/h6H,2-3H2,1H3;/p-1. The van der Waals surface area contributed by atoms with Crippen molar-refractivity contribution in [1.82, 2.24) is 0 Å². The van der Waals surface area contributed by atoms with E-state index in [1.807, 2.05) is 0 Å². The second-order valence-electron chi connectivity index (χ2n) is 1.16. The molecule has 0 spiro atoms. The Morgan fingerprint density at radius 3 is 2.14 bits per heavy atom. The van der Waals surface area contributed by atoms with Crippen molar-refractivity contribution in [3.05, 3.63) is 0 Å². The molecule has 3 heteroatoms. The van der Waals surface area contributed by atoms with Crippen LogP contribution in [0.1, 0.15) is 13.3 Å². The minimum absolute atomic E-state index is 0. The largest absolute Gasteiger partial charge is 0.792 e. The first kappa shape index (κ1) is 11.0. The molecule has 0 aliphatic heterocycles. The van der Waals surface area contributed by atoms with Gasteiger partial charge in [-0.05, 0) is 13.3 Å². The van der Waals surface area contributed by atoms with E-state index < -0.39 is 0 Å². The number of rotatable bonds is 2. The monoisotopic (exact) mass is 192 g/mol. The SMILES string of the molecule is CC(=O)CC[S-].[Y]. The van der Waals surface area contributed by atoms with Crippen molar-refractivity contribution in [1.29, 1.82) is 0 Å². The second kappa shape index (κ2) is 7.12. The van der Waals surface area contributed by atoms with Crippen LogP contribution in [0.15, 0.2) is 0 Å². The van der Waals surface area contributed by atoms with Gasteiger partial charge < -0.3 is 17.4 Å². The molecule has 39 valence electrons. The molecule has 0 aromatic carbocycles. The zero-order chi connectivity index (χ0) is 4.99. The average Bonchev–Trinajstić information content (AvgIpc) is 1.35. The van der Waals surface area contributed by atoms with Crippen molar-refractivity contribution >= 4 is 18.4 Å². The second-order valence-corrected chi connectivity index (χ2v) is 1.56. The van der Waals surface area contributed by atoms with E-state index in [0.29, 0.717) is 12.2 Å². The van der Waals surface area contributed by atoms with Crippen molar-refractivity contribution in [3.8, 4) is 0 Å². The first-order valence-corrected chi connectivity index (χ1v) is 2.42. The number of carbonyl (C=O) groups excluding carboxylic acids is 1. The van der Waals surface area contributed by atoms with Gasteiger partial charge in [0.15, 0.2) is 0 Å². The summed E-state index contributed by atoms with van der Waals surface area (Å²) in [5.74, 6) is 0.750. The first-order valence-electron chi connectivity index (χ1n) is 1.85. The molecule has 0 aromatic rings. The van der Waals surface area contributed by atoms with Gasteiger partial charge in [-0.1, -0.05) is 0 Å². The van der Waals surface area contributed by atoms with Gasteiger partial charge in [0.05, 0.1) is 0 Å². The molecule has 0 aromatic heterocycles. The molecule has 0 saturated heterocycles. The Morgan fingerprint density at radius 1 is 1.71 bits per heavy atom. The van der Waals surface area contributed by atoms with Crippen LogP contribution in [-0.4, -0.2) is 11.5 Å². The third-order valence-corrected chi connectivity index (χ3v) is 0.658. The molecule has 0 N–H and O–H groups in total. The van der Waals surface area contributed by atoms with Crippen LogP contribution in [0, 0.1) is 0 Å². The van der Waals surface area contributed by atoms with Crippen LogP contribution in [0.2, 0.25) is 0 Å². The van der Waals surface area contributed by atoms with E-state index in [2.05, 4.69) is 12.6 Å². The van der Waals surface area contributed by atoms with Crippen LogP contribution < -0.4 is 0 Å². The normalized spacial score (nSPS) is 7.14. The molecule has 0 aliphatic carbocycles. The zero-order valence-corrected chi connectivity index (χ0v) is 7.96. The summed E-state index contributed by atoms with van der Waals surface area (Å²) in [6, 6.07) is 0. The van der Waals surface area contributed by atoms with E-state index in [1.165, 1.54) is 0 Å². The maximum Gasteiger partial charge on any atom is 0.127 e. The molecule has 0 aliphatic rings. The molecule has 1 nitrogen and oxygen atoms in total. The van der Waals surface area contributed by atoms with E-state index in [0.717, 1.165) is 0 Å². The Kier molecular flexibility index (Phi) is 11.2. The third-order valence-electron chi connectivity index (χ3n) is 0.454. The van der Waals surface area contributed by atoms with Gasteiger partial charge in [0.2, 0.25) is 0 Å². The first-order chi connectivity index (χ1) is 2.77. The average molecular weight is 192 g/mol. The third kappa shape index (κ3) is 11.0. The van der Waals surface area contributed by atoms with Gasteiger partial charge in [-0.2, -0.15) is 5.75 Å². The molecule has 0 atom stereocenters. The van der Waals surface area contributed by atoms with Gasteiger partial charge in [-0.15, -0.1) is 0 Å². The zero-order valence-electron chi connectivity index (χ0n) is 4.31. The van der Waals surface area contributed by atoms with Crippen molar-refractivity contribution < 1.29 is 37.5 Å². The van der Waals surface area contributed by atoms with Gasteiger partial charge in [0.25, 0.3) is 0 Å². The Balaban J connectivity index is 0. The molecular formula is C4H7OSY-. The molecule has 0 bridgehead atoms. The molecule has 0 amide bonds. The van der Waals surface area contributed by atoms with Crippen LogP contribution in [0.4, 0.5) is 0 Å². The molecule has 0 rings (SSSR count). The predicted molar refractivity (Wildman–Crippen MR) is 27.5 cm³/mol. The van der Waals surface area contributed by atoms with E-state index in [4.69, 9.17) is 0 Å². The predicted octanol–water partition coefficient (Wildman–Crippen LogP) is 0.510. The Hall–Kier alpha value is 1.12. The van der Waals surface area contributed by atoms with Crippen LogP contribution >= 0.6 is 0 Å². The van der Waals surface area contributed by atoms with Gasteiger partial charge in [-0.25, -0.2) is 0 Å². The fourth-order valence-corrected chi connectivity index (χ4v) is 0.431. The fourth-order valence-electron chi connectivity index (χ4n) is 0.144. The van der Waals surface area contributed by atoms with Crippen LogP contribution in [-0.2, 0) is 50.1 Å². The van der Waals surface area contributed by atoms with Crippen LogP contribution in [0.25, 0.3) is 0 Å². The minimum Gasteiger partial charge on any atom is -0.792 e. The van der Waals surface area contributed by atoms with Gasteiger partial charge in [-0.3, -0.25) is 0 Å². The number of carbonyl (C=O) groups is 1. The molecule has 0 heterocycles. The topological polar surface area (TPSA) is 17.1 Å². The summed E-state index contributed by atoms with van der Waals surface area (Å²) >= 11 is 4.51. The summed E-state index contributed by atoms with van der Waals surface area (Å²) < 4.78 is 0.